The molecule has 0 radical (unpaired) electrons. The van der Waals surface area contributed by atoms with Crippen molar-refractivity contribution in [1.82, 2.24) is 10.2 Å². The lowest BCUT2D eigenvalue weighted by Gasteiger charge is -2.37. The van der Waals surface area contributed by atoms with Crippen LogP contribution in [0.2, 0.25) is 0 Å². The average molecular weight is 432 g/mol. The molecule has 3 fully saturated rings. The number of amides is 3. The number of benzene rings is 1. The summed E-state index contributed by atoms with van der Waals surface area (Å²) in [7, 11) is 0. The van der Waals surface area contributed by atoms with Gasteiger partial charge in [-0.25, -0.2) is 4.39 Å². The average Bonchev–Trinajstić information content (AvgIpc) is 2.77. The molecule has 3 saturated heterocycles. The van der Waals surface area contributed by atoms with Crippen molar-refractivity contribution in [2.75, 3.05) is 36.4 Å². The number of imide groups is 1. The third kappa shape index (κ3) is 5.33. The fraction of sp³-hybridized carbons (Fsp3) is 0.591. The highest BCUT2D eigenvalue weighted by molar-refractivity contribution is 6.01. The summed E-state index contributed by atoms with van der Waals surface area (Å²) in [6.45, 7) is 2.93. The van der Waals surface area contributed by atoms with E-state index in [2.05, 4.69) is 10.6 Å². The van der Waals surface area contributed by atoms with Crippen molar-refractivity contribution in [3.8, 4) is 0 Å². The molecule has 31 heavy (non-hydrogen) atoms. The van der Waals surface area contributed by atoms with Crippen LogP contribution in [-0.4, -0.2) is 67.6 Å². The Bertz CT molecular complexity index is 820. The first-order valence-electron chi connectivity index (χ1n) is 11.0. The smallest absolute Gasteiger partial charge is 0.249 e. The van der Waals surface area contributed by atoms with Gasteiger partial charge in [-0.05, 0) is 50.3 Å². The number of likely N-dealkylation sites (tertiary alicyclic amines) is 1. The SMILES string of the molecule is O=CN1CCC(OC2CCN(c3ccc(NC4CCC(=O)NC4=O)cc3F)CC2)CC1. The van der Waals surface area contributed by atoms with Gasteiger partial charge in [-0.2, -0.15) is 0 Å². The van der Waals surface area contributed by atoms with Crippen LogP contribution < -0.4 is 15.5 Å². The molecule has 9 heteroatoms. The van der Waals surface area contributed by atoms with Crippen molar-refractivity contribution in [2.24, 2.45) is 0 Å². The molecule has 3 heterocycles. The molecule has 1 aromatic rings. The zero-order valence-corrected chi connectivity index (χ0v) is 17.5. The van der Waals surface area contributed by atoms with Gasteiger partial charge >= 0.3 is 0 Å². The largest absolute Gasteiger partial charge is 0.375 e. The maximum Gasteiger partial charge on any atom is 0.249 e. The molecule has 0 bridgehead atoms. The lowest BCUT2D eigenvalue weighted by Crippen LogP contribution is -2.47. The van der Waals surface area contributed by atoms with Crippen molar-refractivity contribution in [3.63, 3.8) is 0 Å². The molecule has 0 saturated carbocycles. The Labute approximate surface area is 181 Å². The molecule has 168 valence electrons. The van der Waals surface area contributed by atoms with Gasteiger partial charge < -0.3 is 19.9 Å². The predicted molar refractivity (Wildman–Crippen MR) is 113 cm³/mol. The van der Waals surface area contributed by atoms with Crippen molar-refractivity contribution < 1.29 is 23.5 Å². The lowest BCUT2D eigenvalue weighted by atomic mass is 10.0. The highest BCUT2D eigenvalue weighted by atomic mass is 19.1. The fourth-order valence-corrected chi connectivity index (χ4v) is 4.51. The van der Waals surface area contributed by atoms with Gasteiger partial charge in [0, 0.05) is 38.3 Å². The van der Waals surface area contributed by atoms with E-state index in [1.165, 1.54) is 6.07 Å². The summed E-state index contributed by atoms with van der Waals surface area (Å²) in [6.07, 6.45) is 5.35. The van der Waals surface area contributed by atoms with Gasteiger partial charge in [0.2, 0.25) is 18.2 Å². The Morgan fingerprint density at radius 2 is 1.71 bits per heavy atom. The van der Waals surface area contributed by atoms with Crippen LogP contribution in [-0.2, 0) is 19.1 Å². The van der Waals surface area contributed by atoms with Gasteiger partial charge in [-0.1, -0.05) is 0 Å². The molecule has 8 nitrogen and oxygen atoms in total. The van der Waals surface area contributed by atoms with Crippen molar-refractivity contribution in [1.29, 1.82) is 0 Å². The number of rotatable bonds is 6. The Hall–Kier alpha value is -2.68. The lowest BCUT2D eigenvalue weighted by molar-refractivity contribution is -0.133. The third-order valence-corrected chi connectivity index (χ3v) is 6.32. The number of halogens is 1. The van der Waals surface area contributed by atoms with Crippen LogP contribution in [0.1, 0.15) is 38.5 Å². The fourth-order valence-electron chi connectivity index (χ4n) is 4.51. The summed E-state index contributed by atoms with van der Waals surface area (Å²) in [4.78, 5) is 37.8. The van der Waals surface area contributed by atoms with E-state index in [0.717, 1.165) is 45.2 Å². The number of piperidine rings is 3. The van der Waals surface area contributed by atoms with Crippen molar-refractivity contribution >= 4 is 29.6 Å². The van der Waals surface area contributed by atoms with Gasteiger partial charge in [0.15, 0.2) is 0 Å². The molecule has 1 aromatic carbocycles. The first kappa shape index (κ1) is 21.5. The second-order valence-electron chi connectivity index (χ2n) is 8.48. The normalized spacial score (nSPS) is 23.6. The summed E-state index contributed by atoms with van der Waals surface area (Å²) in [5.74, 6) is -0.985. The molecular formula is C22H29FN4O4. The van der Waals surface area contributed by atoms with Crippen LogP contribution in [0.5, 0.6) is 0 Å². The first-order valence-corrected chi connectivity index (χ1v) is 11.0. The second-order valence-corrected chi connectivity index (χ2v) is 8.48. The highest BCUT2D eigenvalue weighted by Crippen LogP contribution is 2.28. The van der Waals surface area contributed by atoms with Crippen LogP contribution in [0, 0.1) is 5.82 Å². The molecule has 4 rings (SSSR count). The van der Waals surface area contributed by atoms with E-state index in [1.54, 1.807) is 17.0 Å². The predicted octanol–water partition coefficient (Wildman–Crippen LogP) is 1.65. The van der Waals surface area contributed by atoms with Gasteiger partial charge in [-0.15, -0.1) is 0 Å². The summed E-state index contributed by atoms with van der Waals surface area (Å²) < 4.78 is 21.0. The minimum Gasteiger partial charge on any atom is -0.375 e. The Kier molecular flexibility index (Phi) is 6.70. The minimum absolute atomic E-state index is 0.167. The summed E-state index contributed by atoms with van der Waals surface area (Å²) >= 11 is 0. The zero-order chi connectivity index (χ0) is 21.8. The molecule has 0 aromatic heterocycles. The number of nitrogens with zero attached hydrogens (tertiary/aromatic N) is 2. The quantitative estimate of drug-likeness (QED) is 0.525. The van der Waals surface area contributed by atoms with E-state index in [1.807, 2.05) is 4.90 Å². The van der Waals surface area contributed by atoms with Crippen LogP contribution in [0.4, 0.5) is 15.8 Å². The monoisotopic (exact) mass is 432 g/mol. The van der Waals surface area contributed by atoms with Crippen LogP contribution in [0.15, 0.2) is 18.2 Å². The Balaban J connectivity index is 1.27. The molecule has 0 spiro atoms. The summed E-state index contributed by atoms with van der Waals surface area (Å²) in [5.41, 5.74) is 1.07. The molecule has 3 aliphatic heterocycles. The molecule has 0 aliphatic carbocycles. The molecular weight excluding hydrogens is 403 g/mol. The number of anilines is 2. The van der Waals surface area contributed by atoms with Crippen LogP contribution >= 0.6 is 0 Å². The van der Waals surface area contributed by atoms with Gasteiger partial charge in [-0.3, -0.25) is 19.7 Å². The van der Waals surface area contributed by atoms with E-state index in [-0.39, 0.29) is 36.3 Å². The molecule has 1 atom stereocenters. The van der Waals surface area contributed by atoms with E-state index < -0.39 is 6.04 Å². The van der Waals surface area contributed by atoms with Gasteiger partial charge in [0.25, 0.3) is 0 Å². The molecule has 2 N–H and O–H groups in total. The highest BCUT2D eigenvalue weighted by Gasteiger charge is 2.28. The maximum atomic E-state index is 14.8. The number of ether oxygens (including phenoxy) is 1. The number of hydrogen-bond acceptors (Lipinski definition) is 6. The number of hydrogen-bond donors (Lipinski definition) is 2. The van der Waals surface area contributed by atoms with Crippen LogP contribution in [0.25, 0.3) is 0 Å². The topological polar surface area (TPSA) is 91.0 Å². The molecule has 3 amide bonds. The third-order valence-electron chi connectivity index (χ3n) is 6.32. The summed E-state index contributed by atoms with van der Waals surface area (Å²) in [6, 6.07) is 4.38. The van der Waals surface area contributed by atoms with Gasteiger partial charge in [0.1, 0.15) is 11.9 Å². The van der Waals surface area contributed by atoms with Crippen molar-refractivity contribution in [3.05, 3.63) is 24.0 Å². The Morgan fingerprint density at radius 3 is 2.32 bits per heavy atom. The summed E-state index contributed by atoms with van der Waals surface area (Å²) in [5, 5.41) is 5.31. The van der Waals surface area contributed by atoms with E-state index in [0.29, 0.717) is 30.9 Å². The van der Waals surface area contributed by atoms with E-state index >= 15 is 0 Å². The van der Waals surface area contributed by atoms with Crippen molar-refractivity contribution in [2.45, 2.75) is 56.8 Å². The molecule has 1 unspecified atom stereocenters. The first-order chi connectivity index (χ1) is 15.0. The number of carbonyl (C=O) groups is 3. The van der Waals surface area contributed by atoms with Gasteiger partial charge in [0.05, 0.1) is 17.9 Å². The second kappa shape index (κ2) is 9.64. The number of carbonyl (C=O) groups excluding carboxylic acids is 3. The Morgan fingerprint density at radius 1 is 1.03 bits per heavy atom. The molecule has 3 aliphatic rings. The van der Waals surface area contributed by atoms with E-state index in [4.69, 9.17) is 4.74 Å². The van der Waals surface area contributed by atoms with E-state index in [9.17, 15) is 18.8 Å². The maximum absolute atomic E-state index is 14.8. The zero-order valence-electron chi connectivity index (χ0n) is 17.5. The number of nitrogens with one attached hydrogen (secondary N) is 2. The standard InChI is InChI=1S/C22H29FN4O4/c23-18-13-15(24-19-2-4-21(29)25-22(19)30)1-3-20(18)27-11-7-17(8-12-27)31-16-5-9-26(14-28)10-6-16/h1,3,13-14,16-17,19,24H,2,4-12H2,(H,25,29,30). The minimum atomic E-state index is -0.533. The van der Waals surface area contributed by atoms with Crippen LogP contribution in [0.3, 0.4) is 0 Å².